The number of rotatable bonds is 7. The van der Waals surface area contributed by atoms with Crippen molar-refractivity contribution in [3.05, 3.63) is 60.2 Å². The second kappa shape index (κ2) is 7.95. The summed E-state index contributed by atoms with van der Waals surface area (Å²) >= 11 is 0. The van der Waals surface area contributed by atoms with Gasteiger partial charge in [-0.2, -0.15) is 0 Å². The van der Waals surface area contributed by atoms with Crippen LogP contribution in [0, 0.1) is 0 Å². The predicted octanol–water partition coefficient (Wildman–Crippen LogP) is 3.18. The minimum atomic E-state index is -0.965. The van der Waals surface area contributed by atoms with Crippen LogP contribution in [0.25, 0.3) is 0 Å². The molecular formula is C17H17NO5. The summed E-state index contributed by atoms with van der Waals surface area (Å²) in [5, 5.41) is 18.7. The molecule has 0 heterocycles. The van der Waals surface area contributed by atoms with Gasteiger partial charge in [-0.25, -0.2) is 5.06 Å². The molecule has 0 saturated carbocycles. The molecule has 0 aromatic heterocycles. The van der Waals surface area contributed by atoms with Crippen LogP contribution in [-0.4, -0.2) is 33.8 Å². The monoisotopic (exact) mass is 315 g/mol. The fourth-order valence-corrected chi connectivity index (χ4v) is 1.92. The average molecular weight is 315 g/mol. The highest BCUT2D eigenvalue weighted by Crippen LogP contribution is 2.21. The maximum atomic E-state index is 12.0. The maximum absolute atomic E-state index is 12.0. The molecular weight excluding hydrogens is 298 g/mol. The number of carbonyl (C=O) groups is 2. The van der Waals surface area contributed by atoms with Gasteiger partial charge >= 0.3 is 5.97 Å². The van der Waals surface area contributed by atoms with Crippen LogP contribution in [-0.2, 0) is 4.79 Å². The molecule has 2 N–H and O–H groups in total. The fourth-order valence-electron chi connectivity index (χ4n) is 1.92. The molecule has 0 unspecified atom stereocenters. The molecule has 0 aliphatic heterocycles. The summed E-state index contributed by atoms with van der Waals surface area (Å²) in [4.78, 5) is 22.4. The van der Waals surface area contributed by atoms with Crippen molar-refractivity contribution in [2.24, 2.45) is 0 Å². The van der Waals surface area contributed by atoms with Gasteiger partial charge in [0.05, 0.1) is 0 Å². The third-order valence-corrected chi connectivity index (χ3v) is 3.08. The number of amides is 1. The Morgan fingerprint density at radius 1 is 0.957 bits per heavy atom. The Morgan fingerprint density at radius 2 is 1.57 bits per heavy atom. The number of aliphatic carboxylic acids is 1. The van der Waals surface area contributed by atoms with Crippen molar-refractivity contribution in [2.75, 3.05) is 6.54 Å². The van der Waals surface area contributed by atoms with Gasteiger partial charge in [-0.15, -0.1) is 0 Å². The van der Waals surface area contributed by atoms with Crippen molar-refractivity contribution in [3.63, 3.8) is 0 Å². The molecule has 0 aliphatic carbocycles. The van der Waals surface area contributed by atoms with Crippen LogP contribution in [0.3, 0.4) is 0 Å². The van der Waals surface area contributed by atoms with Crippen LogP contribution >= 0.6 is 0 Å². The lowest BCUT2D eigenvalue weighted by Crippen LogP contribution is -2.28. The summed E-state index contributed by atoms with van der Waals surface area (Å²) in [5.41, 5.74) is 0.295. The first-order chi connectivity index (χ1) is 11.1. The highest BCUT2D eigenvalue weighted by Gasteiger charge is 2.14. The van der Waals surface area contributed by atoms with Crippen molar-refractivity contribution in [1.82, 2.24) is 5.06 Å². The van der Waals surface area contributed by atoms with Gasteiger partial charge in [0, 0.05) is 18.5 Å². The van der Waals surface area contributed by atoms with E-state index in [0.29, 0.717) is 22.1 Å². The van der Waals surface area contributed by atoms with Gasteiger partial charge in [0.15, 0.2) is 0 Å². The zero-order valence-electron chi connectivity index (χ0n) is 12.4. The molecule has 2 rings (SSSR count). The average Bonchev–Trinajstić information content (AvgIpc) is 2.55. The lowest BCUT2D eigenvalue weighted by atomic mass is 10.2. The van der Waals surface area contributed by atoms with E-state index in [1.54, 1.807) is 24.3 Å². The van der Waals surface area contributed by atoms with E-state index >= 15 is 0 Å². The van der Waals surface area contributed by atoms with Crippen LogP contribution in [0.5, 0.6) is 11.5 Å². The van der Waals surface area contributed by atoms with E-state index in [-0.39, 0.29) is 19.4 Å². The van der Waals surface area contributed by atoms with Crippen LogP contribution in [0.15, 0.2) is 54.6 Å². The van der Waals surface area contributed by atoms with Crippen molar-refractivity contribution < 1.29 is 24.6 Å². The zero-order chi connectivity index (χ0) is 16.7. The second-order valence-corrected chi connectivity index (χ2v) is 4.87. The van der Waals surface area contributed by atoms with Gasteiger partial charge in [0.1, 0.15) is 11.5 Å². The van der Waals surface area contributed by atoms with Crippen LogP contribution in [0.2, 0.25) is 0 Å². The Labute approximate surface area is 133 Å². The normalized spacial score (nSPS) is 10.1. The number of hydrogen-bond donors (Lipinski definition) is 2. The minimum Gasteiger partial charge on any atom is -0.481 e. The molecule has 0 fully saturated rings. The Kier molecular flexibility index (Phi) is 5.71. The van der Waals surface area contributed by atoms with Crippen molar-refractivity contribution in [2.45, 2.75) is 12.8 Å². The first-order valence-corrected chi connectivity index (χ1v) is 7.12. The summed E-state index contributed by atoms with van der Waals surface area (Å²) in [7, 11) is 0. The molecule has 0 saturated heterocycles. The second-order valence-electron chi connectivity index (χ2n) is 4.87. The standard InChI is InChI=1S/C17H17NO5/c19-16(20)7-4-12-18(22)17(21)13-8-10-15(11-9-13)23-14-5-2-1-3-6-14/h1-3,5-6,8-11,22H,4,7,12H2,(H,19,20). The number of para-hydroxylation sites is 1. The van der Waals surface area contributed by atoms with E-state index in [9.17, 15) is 14.8 Å². The minimum absolute atomic E-state index is 0.0343. The molecule has 0 radical (unpaired) electrons. The number of hydroxylamine groups is 2. The van der Waals surface area contributed by atoms with Gasteiger partial charge in [-0.1, -0.05) is 18.2 Å². The largest absolute Gasteiger partial charge is 0.481 e. The van der Waals surface area contributed by atoms with Gasteiger partial charge < -0.3 is 9.84 Å². The van der Waals surface area contributed by atoms with Crippen LogP contribution in [0.4, 0.5) is 0 Å². The SMILES string of the molecule is O=C(O)CCCN(O)C(=O)c1ccc(Oc2ccccc2)cc1. The Morgan fingerprint density at radius 3 is 2.17 bits per heavy atom. The number of ether oxygens (including phenoxy) is 1. The van der Waals surface area contributed by atoms with Gasteiger partial charge in [-0.05, 0) is 42.8 Å². The highest BCUT2D eigenvalue weighted by atomic mass is 16.5. The lowest BCUT2D eigenvalue weighted by Gasteiger charge is -2.14. The first kappa shape index (κ1) is 16.5. The van der Waals surface area contributed by atoms with E-state index in [1.165, 1.54) is 0 Å². The third-order valence-electron chi connectivity index (χ3n) is 3.08. The third kappa shape index (κ3) is 5.12. The number of carbonyl (C=O) groups excluding carboxylic acids is 1. The summed E-state index contributed by atoms with van der Waals surface area (Å²) in [6.45, 7) is -0.0343. The molecule has 120 valence electrons. The maximum Gasteiger partial charge on any atom is 0.303 e. The molecule has 2 aromatic rings. The molecule has 0 bridgehead atoms. The van der Waals surface area contributed by atoms with Crippen LogP contribution < -0.4 is 4.74 Å². The number of hydrogen-bond acceptors (Lipinski definition) is 4. The smallest absolute Gasteiger partial charge is 0.303 e. The van der Waals surface area contributed by atoms with Gasteiger partial charge in [0.2, 0.25) is 0 Å². The summed E-state index contributed by atoms with van der Waals surface area (Å²) in [6, 6.07) is 15.6. The predicted molar refractivity (Wildman–Crippen MR) is 82.7 cm³/mol. The molecule has 6 nitrogen and oxygen atoms in total. The quantitative estimate of drug-likeness (QED) is 0.605. The molecule has 2 aromatic carbocycles. The van der Waals surface area contributed by atoms with Crippen LogP contribution in [0.1, 0.15) is 23.2 Å². The zero-order valence-corrected chi connectivity index (χ0v) is 12.4. The van der Waals surface area contributed by atoms with Gasteiger partial charge in [0.25, 0.3) is 5.91 Å². The Bertz CT molecular complexity index is 654. The number of carboxylic acid groups (broad SMARTS) is 1. The van der Waals surface area contributed by atoms with E-state index < -0.39 is 11.9 Å². The highest BCUT2D eigenvalue weighted by molar-refractivity contribution is 5.93. The fraction of sp³-hybridized carbons (Fsp3) is 0.176. The summed E-state index contributed by atoms with van der Waals surface area (Å²) in [5.74, 6) is -0.290. The number of nitrogens with zero attached hydrogens (tertiary/aromatic N) is 1. The molecule has 23 heavy (non-hydrogen) atoms. The number of carboxylic acids is 1. The molecule has 6 heteroatoms. The molecule has 1 amide bonds. The van der Waals surface area contributed by atoms with E-state index in [4.69, 9.17) is 9.84 Å². The van der Waals surface area contributed by atoms with E-state index in [0.717, 1.165) is 0 Å². The summed E-state index contributed by atoms with van der Waals surface area (Å²) in [6.07, 6.45) is 0.0843. The first-order valence-electron chi connectivity index (χ1n) is 7.12. The Balaban J connectivity index is 1.93. The number of benzene rings is 2. The van der Waals surface area contributed by atoms with Crippen molar-refractivity contribution in [3.8, 4) is 11.5 Å². The molecule has 0 atom stereocenters. The van der Waals surface area contributed by atoms with Crippen molar-refractivity contribution in [1.29, 1.82) is 0 Å². The Hall–Kier alpha value is -2.86. The topological polar surface area (TPSA) is 87.1 Å². The van der Waals surface area contributed by atoms with E-state index in [1.807, 2.05) is 30.3 Å². The van der Waals surface area contributed by atoms with E-state index in [2.05, 4.69) is 0 Å². The lowest BCUT2D eigenvalue weighted by molar-refractivity contribution is -0.137. The van der Waals surface area contributed by atoms with Gasteiger partial charge in [-0.3, -0.25) is 14.8 Å². The molecule has 0 aliphatic rings. The molecule has 0 spiro atoms. The summed E-state index contributed by atoms with van der Waals surface area (Å²) < 4.78 is 5.61. The van der Waals surface area contributed by atoms with Crippen molar-refractivity contribution >= 4 is 11.9 Å².